The number of ether oxygens (including phenoxy) is 1. The van der Waals surface area contributed by atoms with Crippen molar-refractivity contribution in [2.45, 2.75) is 12.3 Å². The summed E-state index contributed by atoms with van der Waals surface area (Å²) in [4.78, 5) is 17.2. The van der Waals surface area contributed by atoms with Crippen LogP contribution in [0, 0.1) is 0 Å². The molecule has 0 spiro atoms. The molecule has 2 aromatic carbocycles. The fourth-order valence-corrected chi connectivity index (χ4v) is 2.85. The van der Waals surface area contributed by atoms with E-state index in [2.05, 4.69) is 4.98 Å². The standard InChI is InChI=1S/C20H17F3N2O2/c1-25(2)19(26)27-18(16-12-24-11-10-17(16)20(21,22)23)15-9-5-7-13-6-3-4-8-14(13)15/h3-12,18H,1-2H3. The lowest BCUT2D eigenvalue weighted by atomic mass is 9.94. The van der Waals surface area contributed by atoms with Crippen LogP contribution in [0.4, 0.5) is 18.0 Å². The summed E-state index contributed by atoms with van der Waals surface area (Å²) in [6, 6.07) is 13.3. The zero-order chi connectivity index (χ0) is 19.6. The topological polar surface area (TPSA) is 42.4 Å². The molecule has 4 nitrogen and oxygen atoms in total. The molecule has 0 N–H and O–H groups in total. The van der Waals surface area contributed by atoms with Gasteiger partial charge in [-0.3, -0.25) is 4.98 Å². The van der Waals surface area contributed by atoms with E-state index in [9.17, 15) is 18.0 Å². The summed E-state index contributed by atoms with van der Waals surface area (Å²) >= 11 is 0. The van der Waals surface area contributed by atoms with Crippen LogP contribution in [0.15, 0.2) is 60.9 Å². The summed E-state index contributed by atoms with van der Waals surface area (Å²) < 4.78 is 46.1. The third-order valence-corrected chi connectivity index (χ3v) is 4.13. The number of amides is 1. The molecule has 1 unspecified atom stereocenters. The Kier molecular flexibility index (Phi) is 5.03. The van der Waals surface area contributed by atoms with Gasteiger partial charge in [-0.05, 0) is 16.8 Å². The molecule has 0 aliphatic heterocycles. The molecule has 1 atom stereocenters. The third kappa shape index (κ3) is 3.86. The molecule has 27 heavy (non-hydrogen) atoms. The first-order valence-corrected chi connectivity index (χ1v) is 8.15. The summed E-state index contributed by atoms with van der Waals surface area (Å²) in [5.74, 6) is 0. The normalized spacial score (nSPS) is 12.6. The first-order valence-electron chi connectivity index (χ1n) is 8.15. The highest BCUT2D eigenvalue weighted by molar-refractivity contribution is 5.86. The molecule has 0 saturated carbocycles. The molecule has 0 bridgehead atoms. The Bertz CT molecular complexity index is 965. The molecular formula is C20H17F3N2O2. The van der Waals surface area contributed by atoms with Crippen LogP contribution >= 0.6 is 0 Å². The van der Waals surface area contributed by atoms with Crippen LogP contribution in [-0.2, 0) is 10.9 Å². The number of benzene rings is 2. The van der Waals surface area contributed by atoms with Crippen molar-refractivity contribution in [1.82, 2.24) is 9.88 Å². The molecule has 1 aromatic heterocycles. The van der Waals surface area contributed by atoms with E-state index in [0.717, 1.165) is 23.8 Å². The Morgan fingerprint density at radius 2 is 1.74 bits per heavy atom. The monoisotopic (exact) mass is 374 g/mol. The number of carbonyl (C=O) groups is 1. The average Bonchev–Trinajstić information content (AvgIpc) is 2.65. The summed E-state index contributed by atoms with van der Waals surface area (Å²) in [7, 11) is 2.94. The van der Waals surface area contributed by atoms with Crippen LogP contribution in [0.2, 0.25) is 0 Å². The minimum Gasteiger partial charge on any atom is -0.436 e. The molecular weight excluding hydrogens is 357 g/mol. The van der Waals surface area contributed by atoms with E-state index in [1.54, 1.807) is 24.3 Å². The van der Waals surface area contributed by atoms with E-state index in [-0.39, 0.29) is 5.56 Å². The van der Waals surface area contributed by atoms with Crippen molar-refractivity contribution >= 4 is 16.9 Å². The van der Waals surface area contributed by atoms with E-state index >= 15 is 0 Å². The zero-order valence-corrected chi connectivity index (χ0v) is 14.7. The second kappa shape index (κ2) is 7.26. The summed E-state index contributed by atoms with van der Waals surface area (Å²) in [5, 5.41) is 1.53. The van der Waals surface area contributed by atoms with Crippen molar-refractivity contribution in [1.29, 1.82) is 0 Å². The van der Waals surface area contributed by atoms with Gasteiger partial charge < -0.3 is 9.64 Å². The van der Waals surface area contributed by atoms with Gasteiger partial charge >= 0.3 is 12.3 Å². The van der Waals surface area contributed by atoms with Crippen molar-refractivity contribution < 1.29 is 22.7 Å². The zero-order valence-electron chi connectivity index (χ0n) is 14.7. The number of nitrogens with zero attached hydrogens (tertiary/aromatic N) is 2. The van der Waals surface area contributed by atoms with Crippen LogP contribution in [-0.4, -0.2) is 30.1 Å². The minimum atomic E-state index is -4.61. The van der Waals surface area contributed by atoms with Crippen molar-refractivity contribution in [3.8, 4) is 0 Å². The molecule has 0 fully saturated rings. The Labute approximate surface area is 154 Å². The molecule has 0 radical (unpaired) electrons. The van der Waals surface area contributed by atoms with E-state index < -0.39 is 23.9 Å². The molecule has 0 aliphatic rings. The number of pyridine rings is 1. The van der Waals surface area contributed by atoms with Crippen LogP contribution in [0.1, 0.15) is 22.8 Å². The smallest absolute Gasteiger partial charge is 0.416 e. The molecule has 0 aliphatic carbocycles. The largest absolute Gasteiger partial charge is 0.436 e. The summed E-state index contributed by atoms with van der Waals surface area (Å²) in [5.41, 5.74) is -0.639. The van der Waals surface area contributed by atoms with E-state index in [0.29, 0.717) is 10.9 Å². The fourth-order valence-electron chi connectivity index (χ4n) is 2.85. The quantitative estimate of drug-likeness (QED) is 0.645. The van der Waals surface area contributed by atoms with Gasteiger partial charge in [0, 0.05) is 37.6 Å². The molecule has 1 amide bonds. The Hall–Kier alpha value is -3.09. The number of hydrogen-bond donors (Lipinski definition) is 0. The van der Waals surface area contributed by atoms with Gasteiger partial charge in [-0.2, -0.15) is 13.2 Å². The second-order valence-electron chi connectivity index (χ2n) is 6.19. The molecule has 7 heteroatoms. The number of alkyl halides is 3. The molecule has 3 aromatic rings. The minimum absolute atomic E-state index is 0.212. The van der Waals surface area contributed by atoms with Crippen LogP contribution in [0.5, 0.6) is 0 Å². The second-order valence-corrected chi connectivity index (χ2v) is 6.19. The molecule has 3 rings (SSSR count). The van der Waals surface area contributed by atoms with Crippen molar-refractivity contribution in [3.63, 3.8) is 0 Å². The van der Waals surface area contributed by atoms with Gasteiger partial charge in [0.25, 0.3) is 0 Å². The predicted octanol–water partition coefficient (Wildman–Crippen LogP) is 5.04. The molecule has 140 valence electrons. The number of fused-ring (bicyclic) bond motifs is 1. The van der Waals surface area contributed by atoms with Gasteiger partial charge in [-0.1, -0.05) is 42.5 Å². The first-order chi connectivity index (χ1) is 12.8. The summed E-state index contributed by atoms with van der Waals surface area (Å²) in [6.07, 6.45) is -4.44. The highest BCUT2D eigenvalue weighted by Gasteiger charge is 2.37. The average molecular weight is 374 g/mol. The van der Waals surface area contributed by atoms with Gasteiger partial charge in [-0.25, -0.2) is 4.79 Å². The number of halogens is 3. The van der Waals surface area contributed by atoms with Crippen molar-refractivity contribution in [2.24, 2.45) is 0 Å². The van der Waals surface area contributed by atoms with Crippen LogP contribution in [0.3, 0.4) is 0 Å². The maximum Gasteiger partial charge on any atom is 0.416 e. The lowest BCUT2D eigenvalue weighted by Gasteiger charge is -2.24. The summed E-state index contributed by atoms with van der Waals surface area (Å²) in [6.45, 7) is 0. The lowest BCUT2D eigenvalue weighted by molar-refractivity contribution is -0.139. The van der Waals surface area contributed by atoms with Gasteiger partial charge in [0.2, 0.25) is 0 Å². The third-order valence-electron chi connectivity index (χ3n) is 4.13. The van der Waals surface area contributed by atoms with E-state index in [1.807, 2.05) is 18.2 Å². The first kappa shape index (κ1) is 18.7. The van der Waals surface area contributed by atoms with Crippen molar-refractivity contribution in [3.05, 3.63) is 77.6 Å². The lowest BCUT2D eigenvalue weighted by Crippen LogP contribution is -2.26. The predicted molar refractivity (Wildman–Crippen MR) is 95.2 cm³/mol. The SMILES string of the molecule is CN(C)C(=O)OC(c1cnccc1C(F)(F)F)c1cccc2ccccc12. The highest BCUT2D eigenvalue weighted by Crippen LogP contribution is 2.39. The Balaban J connectivity index is 2.23. The van der Waals surface area contributed by atoms with E-state index in [4.69, 9.17) is 4.74 Å². The van der Waals surface area contributed by atoms with Gasteiger partial charge in [0.15, 0.2) is 6.10 Å². The van der Waals surface area contributed by atoms with Gasteiger partial charge in [-0.15, -0.1) is 0 Å². The van der Waals surface area contributed by atoms with E-state index in [1.165, 1.54) is 19.0 Å². The van der Waals surface area contributed by atoms with Gasteiger partial charge in [0.05, 0.1) is 5.56 Å². The number of carbonyl (C=O) groups excluding carboxylic acids is 1. The van der Waals surface area contributed by atoms with Gasteiger partial charge in [0.1, 0.15) is 0 Å². The molecule has 1 heterocycles. The fraction of sp³-hybridized carbons (Fsp3) is 0.200. The maximum absolute atomic E-state index is 13.6. The molecule has 0 saturated heterocycles. The van der Waals surface area contributed by atoms with Crippen LogP contribution in [0.25, 0.3) is 10.8 Å². The maximum atomic E-state index is 13.6. The number of aromatic nitrogens is 1. The van der Waals surface area contributed by atoms with Crippen LogP contribution < -0.4 is 0 Å². The Morgan fingerprint density at radius 1 is 1.04 bits per heavy atom. The number of hydrogen-bond acceptors (Lipinski definition) is 3. The Morgan fingerprint density at radius 3 is 2.44 bits per heavy atom. The highest BCUT2D eigenvalue weighted by atomic mass is 19.4. The van der Waals surface area contributed by atoms with Crippen molar-refractivity contribution in [2.75, 3.05) is 14.1 Å². The number of rotatable bonds is 3.